The minimum Gasteiger partial charge on any atom is -0.381 e. The Labute approximate surface area is 185 Å². The lowest BCUT2D eigenvalue weighted by atomic mass is 10.0. The van der Waals surface area contributed by atoms with Gasteiger partial charge in [0.25, 0.3) is 5.91 Å². The third kappa shape index (κ3) is 5.19. The van der Waals surface area contributed by atoms with Crippen LogP contribution in [0.25, 0.3) is 0 Å². The van der Waals surface area contributed by atoms with Crippen LogP contribution in [0.3, 0.4) is 0 Å². The van der Waals surface area contributed by atoms with E-state index in [0.29, 0.717) is 23.2 Å². The van der Waals surface area contributed by atoms with Crippen molar-refractivity contribution in [2.24, 2.45) is 0 Å². The minimum absolute atomic E-state index is 0.0844. The van der Waals surface area contributed by atoms with Gasteiger partial charge in [0.05, 0.1) is 6.54 Å². The van der Waals surface area contributed by atoms with Gasteiger partial charge in [-0.25, -0.2) is 0 Å². The average molecular weight is 432 g/mol. The largest absolute Gasteiger partial charge is 0.381 e. The lowest BCUT2D eigenvalue weighted by molar-refractivity contribution is 0.0846. The van der Waals surface area contributed by atoms with Gasteiger partial charge in [-0.3, -0.25) is 4.79 Å². The van der Waals surface area contributed by atoms with Crippen LogP contribution in [0.2, 0.25) is 5.02 Å². The molecule has 1 saturated heterocycles. The molecule has 1 amide bonds. The van der Waals surface area contributed by atoms with Crippen LogP contribution in [0.5, 0.6) is 0 Å². The third-order valence-electron chi connectivity index (χ3n) is 6.18. The van der Waals surface area contributed by atoms with Gasteiger partial charge in [-0.05, 0) is 57.2 Å². The molecule has 6 heteroatoms. The Morgan fingerprint density at radius 3 is 2.67 bits per heavy atom. The lowest BCUT2D eigenvalue weighted by Crippen LogP contribution is -2.40. The molecule has 164 valence electrons. The lowest BCUT2D eigenvalue weighted by Gasteiger charge is -2.36. The zero-order valence-electron chi connectivity index (χ0n) is 18.6. The van der Waals surface area contributed by atoms with Crippen LogP contribution in [0.1, 0.15) is 55.5 Å². The van der Waals surface area contributed by atoms with Crippen molar-refractivity contribution in [1.82, 2.24) is 10.2 Å². The molecule has 0 saturated carbocycles. The summed E-state index contributed by atoms with van der Waals surface area (Å²) in [5.41, 5.74) is 5.18. The highest BCUT2D eigenvalue weighted by atomic mass is 35.5. The Kier molecular flexibility index (Phi) is 7.84. The van der Waals surface area contributed by atoms with E-state index in [1.54, 1.807) is 6.07 Å². The van der Waals surface area contributed by atoms with Crippen molar-refractivity contribution < 1.29 is 9.53 Å². The standard InChI is InChI=1S/C24H34ClN3O2/c1-5-18-7-8-21(27(4)16-18)15-26-24(29)22-13-19(25)14-23(17(22)3)28(6-2)20-9-11-30-12-10-20/h8,13-14,16,20H,5-7,9-12,15H2,1-4H3,(H,26,29). The van der Waals surface area contributed by atoms with Gasteiger partial charge in [-0.1, -0.05) is 30.2 Å². The number of nitrogens with one attached hydrogen (secondary N) is 1. The van der Waals surface area contributed by atoms with E-state index < -0.39 is 0 Å². The maximum absolute atomic E-state index is 13.1. The molecule has 2 aliphatic heterocycles. The number of anilines is 1. The number of allylic oxidation sites excluding steroid dienone is 2. The van der Waals surface area contributed by atoms with Crippen molar-refractivity contribution in [2.45, 2.75) is 52.5 Å². The summed E-state index contributed by atoms with van der Waals surface area (Å²) in [6.45, 7) is 9.28. The Balaban J connectivity index is 1.75. The molecule has 1 N–H and O–H groups in total. The molecular weight excluding hydrogens is 398 g/mol. The zero-order chi connectivity index (χ0) is 21.7. The van der Waals surface area contributed by atoms with Crippen LogP contribution in [0.4, 0.5) is 5.69 Å². The van der Waals surface area contributed by atoms with Gasteiger partial charge < -0.3 is 19.9 Å². The minimum atomic E-state index is -0.0844. The summed E-state index contributed by atoms with van der Waals surface area (Å²) in [4.78, 5) is 17.5. The first-order valence-electron chi connectivity index (χ1n) is 11.0. The number of likely N-dealkylation sites (N-methyl/N-ethyl adjacent to an activating group) is 1. The molecule has 0 spiro atoms. The summed E-state index contributed by atoms with van der Waals surface area (Å²) >= 11 is 6.45. The maximum Gasteiger partial charge on any atom is 0.251 e. The summed E-state index contributed by atoms with van der Waals surface area (Å²) in [7, 11) is 2.03. The first-order valence-corrected chi connectivity index (χ1v) is 11.4. The summed E-state index contributed by atoms with van der Waals surface area (Å²) in [5.74, 6) is -0.0844. The summed E-state index contributed by atoms with van der Waals surface area (Å²) in [6, 6.07) is 4.18. The molecule has 0 unspecified atom stereocenters. The number of halogens is 1. The van der Waals surface area contributed by atoms with Crippen molar-refractivity contribution >= 4 is 23.2 Å². The molecule has 1 aromatic rings. The quantitative estimate of drug-likeness (QED) is 0.667. The van der Waals surface area contributed by atoms with Crippen LogP contribution in [-0.4, -0.2) is 50.2 Å². The van der Waals surface area contributed by atoms with Gasteiger partial charge in [-0.2, -0.15) is 0 Å². The molecule has 2 aliphatic rings. The molecule has 2 heterocycles. The fraction of sp³-hybridized carbons (Fsp3) is 0.542. The van der Waals surface area contributed by atoms with E-state index >= 15 is 0 Å². The molecule has 3 rings (SSSR count). The molecule has 0 aromatic heterocycles. The number of amides is 1. The Morgan fingerprint density at radius 2 is 2.03 bits per heavy atom. The number of rotatable bonds is 7. The first-order chi connectivity index (χ1) is 14.4. The number of carbonyl (C=O) groups excluding carboxylic acids is 1. The van der Waals surface area contributed by atoms with E-state index in [4.69, 9.17) is 16.3 Å². The zero-order valence-corrected chi connectivity index (χ0v) is 19.4. The number of benzene rings is 1. The Bertz CT molecular complexity index is 828. The molecule has 0 bridgehead atoms. The van der Waals surface area contributed by atoms with E-state index in [2.05, 4.69) is 41.2 Å². The van der Waals surface area contributed by atoms with E-state index in [0.717, 1.165) is 62.4 Å². The highest BCUT2D eigenvalue weighted by molar-refractivity contribution is 6.31. The predicted octanol–water partition coefficient (Wildman–Crippen LogP) is 4.90. The fourth-order valence-electron chi connectivity index (χ4n) is 4.32. The molecule has 30 heavy (non-hydrogen) atoms. The number of hydrogen-bond donors (Lipinski definition) is 1. The third-order valence-corrected chi connectivity index (χ3v) is 6.40. The molecule has 0 atom stereocenters. The van der Waals surface area contributed by atoms with Crippen LogP contribution < -0.4 is 10.2 Å². The molecule has 0 aliphatic carbocycles. The van der Waals surface area contributed by atoms with Crippen molar-refractivity contribution in [3.05, 3.63) is 51.8 Å². The maximum atomic E-state index is 13.1. The monoisotopic (exact) mass is 431 g/mol. The highest BCUT2D eigenvalue weighted by Crippen LogP contribution is 2.31. The van der Waals surface area contributed by atoms with Gasteiger partial charge >= 0.3 is 0 Å². The second kappa shape index (κ2) is 10.4. The van der Waals surface area contributed by atoms with Gasteiger partial charge in [0, 0.05) is 61.0 Å². The fourth-order valence-corrected chi connectivity index (χ4v) is 4.53. The van der Waals surface area contributed by atoms with E-state index in [9.17, 15) is 4.79 Å². The number of carbonyl (C=O) groups is 1. The van der Waals surface area contributed by atoms with E-state index in [-0.39, 0.29) is 5.91 Å². The van der Waals surface area contributed by atoms with Gasteiger partial charge in [0.2, 0.25) is 0 Å². The van der Waals surface area contributed by atoms with Crippen LogP contribution in [-0.2, 0) is 4.74 Å². The second-order valence-corrected chi connectivity index (χ2v) is 8.50. The summed E-state index contributed by atoms with van der Waals surface area (Å²) in [6.07, 6.45) is 8.34. The van der Waals surface area contributed by atoms with Crippen LogP contribution >= 0.6 is 11.6 Å². The number of nitrogens with zero attached hydrogens (tertiary/aromatic N) is 2. The van der Waals surface area contributed by atoms with Gasteiger partial charge in [0.15, 0.2) is 0 Å². The van der Waals surface area contributed by atoms with Gasteiger partial charge in [0.1, 0.15) is 0 Å². The smallest absolute Gasteiger partial charge is 0.251 e. The molecule has 0 radical (unpaired) electrons. The van der Waals surface area contributed by atoms with Crippen molar-refractivity contribution in [3.8, 4) is 0 Å². The van der Waals surface area contributed by atoms with Crippen LogP contribution in [0.15, 0.2) is 35.7 Å². The van der Waals surface area contributed by atoms with E-state index in [1.165, 1.54) is 5.57 Å². The van der Waals surface area contributed by atoms with Gasteiger partial charge in [-0.15, -0.1) is 0 Å². The number of ether oxygens (including phenoxy) is 1. The Morgan fingerprint density at radius 1 is 1.30 bits per heavy atom. The first kappa shape index (κ1) is 22.7. The highest BCUT2D eigenvalue weighted by Gasteiger charge is 2.24. The molecule has 1 aromatic carbocycles. The van der Waals surface area contributed by atoms with Crippen molar-refractivity contribution in [3.63, 3.8) is 0 Å². The average Bonchev–Trinajstić information content (AvgIpc) is 2.76. The summed E-state index contributed by atoms with van der Waals surface area (Å²) in [5, 5.41) is 3.68. The second-order valence-electron chi connectivity index (χ2n) is 8.06. The Hall–Kier alpha value is -1.98. The number of hydrogen-bond acceptors (Lipinski definition) is 4. The molecule has 1 fully saturated rings. The predicted molar refractivity (Wildman–Crippen MR) is 124 cm³/mol. The van der Waals surface area contributed by atoms with Crippen molar-refractivity contribution in [2.75, 3.05) is 38.3 Å². The topological polar surface area (TPSA) is 44.8 Å². The van der Waals surface area contributed by atoms with Crippen molar-refractivity contribution in [1.29, 1.82) is 0 Å². The van der Waals surface area contributed by atoms with Crippen LogP contribution in [0, 0.1) is 6.92 Å². The van der Waals surface area contributed by atoms with E-state index in [1.807, 2.05) is 20.0 Å². The SMILES string of the molecule is CCC1=CN(C)C(CNC(=O)c2cc(Cl)cc(N(CC)C3CCOCC3)c2C)=CC1. The summed E-state index contributed by atoms with van der Waals surface area (Å²) < 4.78 is 5.53. The molecule has 5 nitrogen and oxygen atoms in total. The molecular formula is C24H34ClN3O2. The normalized spacial score (nSPS) is 17.4.